The number of H-pyrrole nitrogens is 1. The van der Waals surface area contributed by atoms with Crippen molar-refractivity contribution in [2.75, 3.05) is 5.75 Å². The molecule has 0 aliphatic carbocycles. The number of aryl methyl sites for hydroxylation is 4. The number of aromatic nitrogens is 5. The highest BCUT2D eigenvalue weighted by Crippen LogP contribution is 2.20. The number of nitrogens with one attached hydrogen (secondary N) is 1. The summed E-state index contributed by atoms with van der Waals surface area (Å²) in [6.45, 7) is 4.01. The molecule has 0 fully saturated rings. The molecule has 0 saturated carbocycles. The third kappa shape index (κ3) is 4.24. The lowest BCUT2D eigenvalue weighted by Crippen LogP contribution is -2.07. The van der Waals surface area contributed by atoms with Gasteiger partial charge in [0.05, 0.1) is 16.8 Å². The largest absolute Gasteiger partial charge is 0.342 e. The van der Waals surface area contributed by atoms with Crippen LogP contribution in [0.25, 0.3) is 11.0 Å². The van der Waals surface area contributed by atoms with Crippen LogP contribution in [0.1, 0.15) is 33.1 Å². The van der Waals surface area contributed by atoms with E-state index in [1.807, 2.05) is 67.9 Å². The van der Waals surface area contributed by atoms with Gasteiger partial charge in [0.2, 0.25) is 0 Å². The second kappa shape index (κ2) is 8.21. The molecule has 29 heavy (non-hydrogen) atoms. The number of hydrogen-bond donors (Lipinski definition) is 1. The molecule has 148 valence electrons. The van der Waals surface area contributed by atoms with Crippen molar-refractivity contribution in [1.29, 1.82) is 0 Å². The summed E-state index contributed by atoms with van der Waals surface area (Å²) in [6, 6.07) is 13.9. The van der Waals surface area contributed by atoms with Crippen LogP contribution in [0.15, 0.2) is 47.6 Å². The zero-order chi connectivity index (χ0) is 20.4. The molecule has 7 heteroatoms. The first-order valence-electron chi connectivity index (χ1n) is 9.56. The molecule has 0 radical (unpaired) electrons. The van der Waals surface area contributed by atoms with Crippen LogP contribution in [0.2, 0.25) is 0 Å². The number of nitrogens with zero attached hydrogens (tertiary/aromatic N) is 4. The number of carbonyl (C=O) groups excluding carboxylic acids is 1. The number of Topliss-reactive ketones (excluding diaryl/α,β-unsaturated/α-hetero) is 1. The van der Waals surface area contributed by atoms with E-state index in [2.05, 4.69) is 20.2 Å². The van der Waals surface area contributed by atoms with Gasteiger partial charge in [-0.2, -0.15) is 0 Å². The van der Waals surface area contributed by atoms with E-state index in [1.54, 1.807) is 0 Å². The third-order valence-corrected chi connectivity index (χ3v) is 5.98. The highest BCUT2D eigenvalue weighted by atomic mass is 32.2. The fraction of sp³-hybridized carbons (Fsp3) is 0.273. The van der Waals surface area contributed by atoms with Gasteiger partial charge in [0.15, 0.2) is 10.9 Å². The van der Waals surface area contributed by atoms with Gasteiger partial charge in [0.25, 0.3) is 0 Å². The lowest BCUT2D eigenvalue weighted by Gasteiger charge is -2.06. The van der Waals surface area contributed by atoms with Crippen molar-refractivity contribution in [2.24, 2.45) is 7.05 Å². The van der Waals surface area contributed by atoms with Crippen LogP contribution in [0.4, 0.5) is 0 Å². The SMILES string of the molecule is Cc1ccc(C(=O)CSc2nnc(CCc3nc4ccccc4[nH]3)n2C)c(C)c1. The van der Waals surface area contributed by atoms with Crippen molar-refractivity contribution in [1.82, 2.24) is 24.7 Å². The zero-order valence-corrected chi connectivity index (χ0v) is 17.6. The number of para-hydroxylation sites is 2. The molecule has 0 aliphatic heterocycles. The Hall–Kier alpha value is -2.93. The molecule has 0 saturated heterocycles. The lowest BCUT2D eigenvalue weighted by molar-refractivity contribution is 0.102. The van der Waals surface area contributed by atoms with Gasteiger partial charge >= 0.3 is 0 Å². The summed E-state index contributed by atoms with van der Waals surface area (Å²) in [7, 11) is 1.94. The summed E-state index contributed by atoms with van der Waals surface area (Å²) in [5.74, 6) is 2.28. The minimum atomic E-state index is 0.110. The maximum Gasteiger partial charge on any atom is 0.191 e. The quantitative estimate of drug-likeness (QED) is 0.370. The van der Waals surface area contributed by atoms with Crippen LogP contribution in [0, 0.1) is 13.8 Å². The maximum absolute atomic E-state index is 12.6. The van der Waals surface area contributed by atoms with Gasteiger partial charge in [-0.25, -0.2) is 4.98 Å². The molecule has 0 aliphatic rings. The number of carbonyl (C=O) groups is 1. The van der Waals surface area contributed by atoms with E-state index in [9.17, 15) is 4.79 Å². The van der Waals surface area contributed by atoms with Crippen LogP contribution in [0.5, 0.6) is 0 Å². The Kier molecular flexibility index (Phi) is 5.49. The maximum atomic E-state index is 12.6. The van der Waals surface area contributed by atoms with Gasteiger partial charge in [0.1, 0.15) is 11.6 Å². The molecule has 0 spiro atoms. The predicted molar refractivity (Wildman–Crippen MR) is 115 cm³/mol. The Morgan fingerprint density at radius 1 is 1.10 bits per heavy atom. The summed E-state index contributed by atoms with van der Waals surface area (Å²) >= 11 is 1.43. The van der Waals surface area contributed by atoms with Crippen molar-refractivity contribution in [2.45, 2.75) is 31.8 Å². The van der Waals surface area contributed by atoms with Gasteiger partial charge in [-0.1, -0.05) is 47.7 Å². The number of imidazole rings is 1. The van der Waals surface area contributed by atoms with E-state index in [0.717, 1.165) is 57.4 Å². The number of thioether (sulfide) groups is 1. The average molecular weight is 406 g/mol. The molecule has 2 heterocycles. The minimum Gasteiger partial charge on any atom is -0.342 e. The van der Waals surface area contributed by atoms with Gasteiger partial charge < -0.3 is 9.55 Å². The number of ketones is 1. The van der Waals surface area contributed by atoms with E-state index in [4.69, 9.17) is 0 Å². The van der Waals surface area contributed by atoms with Crippen LogP contribution in [0.3, 0.4) is 0 Å². The Morgan fingerprint density at radius 3 is 2.72 bits per heavy atom. The number of hydrogen-bond acceptors (Lipinski definition) is 5. The second-order valence-corrected chi connectivity index (χ2v) is 8.13. The first kappa shape index (κ1) is 19.4. The molecule has 1 N–H and O–H groups in total. The zero-order valence-electron chi connectivity index (χ0n) is 16.8. The van der Waals surface area contributed by atoms with Crippen LogP contribution in [-0.4, -0.2) is 36.3 Å². The summed E-state index contributed by atoms with van der Waals surface area (Å²) in [6.07, 6.45) is 1.49. The summed E-state index contributed by atoms with van der Waals surface area (Å²) in [5.41, 5.74) is 4.97. The summed E-state index contributed by atoms with van der Waals surface area (Å²) in [5, 5.41) is 9.32. The van der Waals surface area contributed by atoms with Crippen molar-refractivity contribution in [3.63, 3.8) is 0 Å². The van der Waals surface area contributed by atoms with Crippen molar-refractivity contribution in [3.05, 3.63) is 70.8 Å². The highest BCUT2D eigenvalue weighted by molar-refractivity contribution is 7.99. The molecule has 0 unspecified atom stereocenters. The fourth-order valence-corrected chi connectivity index (χ4v) is 4.19. The second-order valence-electron chi connectivity index (χ2n) is 7.19. The monoisotopic (exact) mass is 405 g/mol. The molecule has 2 aromatic heterocycles. The number of rotatable bonds is 7. The van der Waals surface area contributed by atoms with Crippen LogP contribution < -0.4 is 0 Å². The summed E-state index contributed by atoms with van der Waals surface area (Å²) < 4.78 is 1.96. The Labute approximate surface area is 173 Å². The molecule has 2 aromatic carbocycles. The smallest absolute Gasteiger partial charge is 0.191 e. The molecule has 0 atom stereocenters. The van der Waals surface area contributed by atoms with Gasteiger partial charge in [-0.15, -0.1) is 10.2 Å². The number of aromatic amines is 1. The minimum absolute atomic E-state index is 0.110. The van der Waals surface area contributed by atoms with E-state index >= 15 is 0 Å². The Bertz CT molecular complexity index is 1140. The molecule has 6 nitrogen and oxygen atoms in total. The normalized spacial score (nSPS) is 11.3. The van der Waals surface area contributed by atoms with Crippen molar-refractivity contribution in [3.8, 4) is 0 Å². The molecular formula is C22H23N5OS. The molecule has 0 bridgehead atoms. The first-order valence-corrected chi connectivity index (χ1v) is 10.5. The molecule has 4 aromatic rings. The van der Waals surface area contributed by atoms with Crippen molar-refractivity contribution >= 4 is 28.6 Å². The molecule has 4 rings (SSSR count). The van der Waals surface area contributed by atoms with Crippen molar-refractivity contribution < 1.29 is 4.79 Å². The topological polar surface area (TPSA) is 76.5 Å². The van der Waals surface area contributed by atoms with Gasteiger partial charge in [-0.3, -0.25) is 4.79 Å². The lowest BCUT2D eigenvalue weighted by atomic mass is 10.0. The van der Waals surface area contributed by atoms with Crippen LogP contribution in [-0.2, 0) is 19.9 Å². The predicted octanol–water partition coefficient (Wildman–Crippen LogP) is 4.07. The fourth-order valence-electron chi connectivity index (χ4n) is 3.38. The standard InChI is InChI=1S/C22H23N5OS/c1-14-8-9-16(15(2)12-14)19(28)13-29-22-26-25-21(27(22)3)11-10-20-23-17-6-4-5-7-18(17)24-20/h4-9,12H,10-11,13H2,1-3H3,(H,23,24). The molecule has 0 amide bonds. The van der Waals surface area contributed by atoms with E-state index in [-0.39, 0.29) is 5.78 Å². The van der Waals surface area contributed by atoms with Gasteiger partial charge in [0, 0.05) is 25.5 Å². The first-order chi connectivity index (χ1) is 14.0. The summed E-state index contributed by atoms with van der Waals surface area (Å²) in [4.78, 5) is 20.5. The highest BCUT2D eigenvalue weighted by Gasteiger charge is 2.14. The molecular weight excluding hydrogens is 382 g/mol. The van der Waals surface area contributed by atoms with E-state index < -0.39 is 0 Å². The number of benzene rings is 2. The number of fused-ring (bicyclic) bond motifs is 1. The van der Waals surface area contributed by atoms with E-state index in [0.29, 0.717) is 5.75 Å². The third-order valence-electron chi connectivity index (χ3n) is 4.96. The van der Waals surface area contributed by atoms with Gasteiger partial charge in [-0.05, 0) is 31.5 Å². The Balaban J connectivity index is 1.38. The average Bonchev–Trinajstić information content (AvgIpc) is 3.27. The Morgan fingerprint density at radius 2 is 1.93 bits per heavy atom. The van der Waals surface area contributed by atoms with E-state index in [1.165, 1.54) is 11.8 Å². The van der Waals surface area contributed by atoms with Crippen LogP contribution >= 0.6 is 11.8 Å².